The number of fused-ring (bicyclic) bond motifs is 1. The first-order valence-corrected chi connectivity index (χ1v) is 9.24. The van der Waals surface area contributed by atoms with E-state index in [0.717, 1.165) is 22.2 Å². The maximum atomic E-state index is 9.50. The van der Waals surface area contributed by atoms with Crippen molar-refractivity contribution in [2.24, 2.45) is 0 Å². The summed E-state index contributed by atoms with van der Waals surface area (Å²) in [5, 5.41) is 22.1. The van der Waals surface area contributed by atoms with Crippen molar-refractivity contribution in [1.82, 2.24) is 9.55 Å². The number of aryl methyl sites for hydroxylation is 1. The van der Waals surface area contributed by atoms with Gasteiger partial charge in [-0.2, -0.15) is 10.5 Å². The minimum atomic E-state index is 0.449. The molecular weight excluding hydrogens is 356 g/mol. The number of allylic oxidation sites excluding steroid dienone is 1. The smallest absolute Gasteiger partial charge is 0.134 e. The summed E-state index contributed by atoms with van der Waals surface area (Å²) in [6.07, 6.45) is 5.75. The van der Waals surface area contributed by atoms with Gasteiger partial charge >= 0.3 is 0 Å². The summed E-state index contributed by atoms with van der Waals surface area (Å²) in [4.78, 5) is 4.68. The molecule has 3 aromatic heterocycles. The number of thiazole rings is 1. The predicted molar refractivity (Wildman–Crippen MR) is 105 cm³/mol. The summed E-state index contributed by atoms with van der Waals surface area (Å²) >= 11 is 1.43. The predicted octanol–water partition coefficient (Wildman–Crippen LogP) is 5.34. The SMILES string of the molecule is N#CCCn1cc(-c2csc(/C(C#N)=C/c3ccco3)n2)c2ccccc21. The number of hydrogen-bond acceptors (Lipinski definition) is 5. The van der Waals surface area contributed by atoms with Crippen LogP contribution in [0.1, 0.15) is 17.2 Å². The topological polar surface area (TPSA) is 78.5 Å². The zero-order chi connectivity index (χ0) is 18.6. The van der Waals surface area contributed by atoms with Crippen LogP contribution >= 0.6 is 11.3 Å². The molecule has 0 unspecified atom stereocenters. The standard InChI is InChI=1S/C21H14N4OS/c22-8-4-9-25-13-18(17-6-1-2-7-20(17)25)19-14-27-21(24-19)15(12-23)11-16-5-3-10-26-16/h1-3,5-7,10-11,13-14H,4,9H2/b15-11+. The van der Waals surface area contributed by atoms with Crippen LogP contribution in [-0.4, -0.2) is 9.55 Å². The van der Waals surface area contributed by atoms with Gasteiger partial charge in [-0.25, -0.2) is 4.98 Å². The van der Waals surface area contributed by atoms with E-state index < -0.39 is 0 Å². The molecule has 0 N–H and O–H groups in total. The van der Waals surface area contributed by atoms with Crippen LogP contribution in [-0.2, 0) is 6.54 Å². The van der Waals surface area contributed by atoms with Crippen LogP contribution in [0.3, 0.4) is 0 Å². The van der Waals surface area contributed by atoms with Gasteiger partial charge in [0.15, 0.2) is 0 Å². The van der Waals surface area contributed by atoms with Crippen molar-refractivity contribution in [3.8, 4) is 23.4 Å². The molecule has 27 heavy (non-hydrogen) atoms. The number of nitriles is 2. The van der Waals surface area contributed by atoms with Crippen molar-refractivity contribution in [1.29, 1.82) is 10.5 Å². The Morgan fingerprint density at radius 1 is 1.22 bits per heavy atom. The first-order valence-electron chi connectivity index (χ1n) is 8.36. The van der Waals surface area contributed by atoms with E-state index >= 15 is 0 Å². The molecule has 6 heteroatoms. The largest absolute Gasteiger partial charge is 0.465 e. The quantitative estimate of drug-likeness (QED) is 0.444. The lowest BCUT2D eigenvalue weighted by Crippen LogP contribution is -1.94. The molecule has 130 valence electrons. The van der Waals surface area contributed by atoms with E-state index in [0.29, 0.717) is 29.3 Å². The van der Waals surface area contributed by atoms with Gasteiger partial charge in [0, 0.05) is 40.7 Å². The monoisotopic (exact) mass is 370 g/mol. The zero-order valence-corrected chi connectivity index (χ0v) is 15.1. The van der Waals surface area contributed by atoms with Gasteiger partial charge in [-0.05, 0) is 18.2 Å². The molecule has 0 radical (unpaired) electrons. The van der Waals surface area contributed by atoms with Crippen LogP contribution < -0.4 is 0 Å². The average molecular weight is 370 g/mol. The number of rotatable bonds is 5. The molecule has 0 aliphatic carbocycles. The molecule has 0 atom stereocenters. The maximum absolute atomic E-state index is 9.50. The van der Waals surface area contributed by atoms with Crippen LogP contribution in [0.25, 0.3) is 33.8 Å². The highest BCUT2D eigenvalue weighted by Crippen LogP contribution is 2.33. The number of furan rings is 1. The second kappa shape index (κ2) is 7.33. The summed E-state index contributed by atoms with van der Waals surface area (Å²) in [5.41, 5.74) is 3.36. The molecule has 0 amide bonds. The summed E-state index contributed by atoms with van der Waals surface area (Å²) in [6.45, 7) is 0.635. The van der Waals surface area contributed by atoms with Crippen LogP contribution in [0.4, 0.5) is 0 Å². The van der Waals surface area contributed by atoms with E-state index in [-0.39, 0.29) is 0 Å². The van der Waals surface area contributed by atoms with Crippen molar-refractivity contribution in [3.63, 3.8) is 0 Å². The lowest BCUT2D eigenvalue weighted by atomic mass is 10.1. The molecule has 3 heterocycles. The second-order valence-electron chi connectivity index (χ2n) is 5.88. The molecule has 0 aliphatic heterocycles. The van der Waals surface area contributed by atoms with E-state index in [1.54, 1.807) is 24.5 Å². The van der Waals surface area contributed by atoms with Gasteiger partial charge in [0.25, 0.3) is 0 Å². The molecule has 0 saturated heterocycles. The van der Waals surface area contributed by atoms with Crippen LogP contribution in [0.5, 0.6) is 0 Å². The summed E-state index contributed by atoms with van der Waals surface area (Å²) in [6, 6.07) is 16.0. The molecule has 0 aliphatic rings. The average Bonchev–Trinajstić information content (AvgIpc) is 3.44. The number of hydrogen-bond donors (Lipinski definition) is 0. The van der Waals surface area contributed by atoms with Crippen LogP contribution in [0.15, 0.2) is 58.7 Å². The van der Waals surface area contributed by atoms with Crippen molar-refractivity contribution in [3.05, 3.63) is 65.0 Å². The fourth-order valence-corrected chi connectivity index (χ4v) is 3.77. The number of nitrogens with zero attached hydrogens (tertiary/aromatic N) is 4. The van der Waals surface area contributed by atoms with Crippen LogP contribution in [0.2, 0.25) is 0 Å². The van der Waals surface area contributed by atoms with E-state index in [9.17, 15) is 5.26 Å². The van der Waals surface area contributed by atoms with Gasteiger partial charge in [0.05, 0.1) is 30.0 Å². The highest BCUT2D eigenvalue weighted by molar-refractivity contribution is 7.11. The van der Waals surface area contributed by atoms with Crippen molar-refractivity contribution >= 4 is 33.9 Å². The lowest BCUT2D eigenvalue weighted by molar-refractivity contribution is 0.557. The molecule has 0 saturated carbocycles. The van der Waals surface area contributed by atoms with Gasteiger partial charge in [-0.15, -0.1) is 11.3 Å². The fraction of sp³-hybridized carbons (Fsp3) is 0.0952. The van der Waals surface area contributed by atoms with Gasteiger partial charge in [-0.3, -0.25) is 0 Å². The molecule has 0 fully saturated rings. The Kier molecular flexibility index (Phi) is 4.57. The summed E-state index contributed by atoms with van der Waals surface area (Å²) < 4.78 is 7.38. The normalized spacial score (nSPS) is 11.4. The third-order valence-corrected chi connectivity index (χ3v) is 5.09. The van der Waals surface area contributed by atoms with Gasteiger partial charge < -0.3 is 8.98 Å². The Morgan fingerprint density at radius 2 is 2.11 bits per heavy atom. The van der Waals surface area contributed by atoms with E-state index in [4.69, 9.17) is 9.68 Å². The Bertz CT molecular complexity index is 1200. The van der Waals surface area contributed by atoms with Crippen molar-refractivity contribution in [2.45, 2.75) is 13.0 Å². The Labute approximate surface area is 160 Å². The fourth-order valence-electron chi connectivity index (χ4n) is 2.98. The van der Waals surface area contributed by atoms with E-state index in [2.05, 4.69) is 27.8 Å². The molecule has 0 spiro atoms. The molecule has 0 bridgehead atoms. The first-order chi connectivity index (χ1) is 13.3. The van der Waals surface area contributed by atoms with E-state index in [1.807, 2.05) is 29.8 Å². The molecule has 4 aromatic rings. The van der Waals surface area contributed by atoms with Gasteiger partial charge in [0.1, 0.15) is 16.8 Å². The number of aromatic nitrogens is 2. The molecule has 4 rings (SSSR count). The minimum absolute atomic E-state index is 0.449. The number of benzene rings is 1. The lowest BCUT2D eigenvalue weighted by Gasteiger charge is -2.00. The number of para-hydroxylation sites is 1. The Morgan fingerprint density at radius 3 is 2.89 bits per heavy atom. The second-order valence-corrected chi connectivity index (χ2v) is 6.74. The van der Waals surface area contributed by atoms with Crippen LogP contribution in [0, 0.1) is 22.7 Å². The maximum Gasteiger partial charge on any atom is 0.134 e. The minimum Gasteiger partial charge on any atom is -0.465 e. The zero-order valence-electron chi connectivity index (χ0n) is 14.3. The third kappa shape index (κ3) is 3.27. The van der Waals surface area contributed by atoms with E-state index in [1.165, 1.54) is 11.3 Å². The Balaban J connectivity index is 1.76. The summed E-state index contributed by atoms with van der Waals surface area (Å²) in [7, 11) is 0. The summed E-state index contributed by atoms with van der Waals surface area (Å²) in [5.74, 6) is 0.622. The highest BCUT2D eigenvalue weighted by Gasteiger charge is 2.14. The highest BCUT2D eigenvalue weighted by atomic mass is 32.1. The molecule has 5 nitrogen and oxygen atoms in total. The molecular formula is C21H14N4OS. The third-order valence-electron chi connectivity index (χ3n) is 4.21. The van der Waals surface area contributed by atoms with Crippen molar-refractivity contribution in [2.75, 3.05) is 0 Å². The molecule has 1 aromatic carbocycles. The first kappa shape index (κ1) is 16.8. The van der Waals surface area contributed by atoms with Crippen molar-refractivity contribution < 1.29 is 4.42 Å². The van der Waals surface area contributed by atoms with Gasteiger partial charge in [-0.1, -0.05) is 18.2 Å². The van der Waals surface area contributed by atoms with Gasteiger partial charge in [0.2, 0.25) is 0 Å². The Hall–Kier alpha value is -3.61.